The highest BCUT2D eigenvalue weighted by Gasteiger charge is 2.22. The number of rotatable bonds is 9. The normalized spacial score (nSPS) is 12.6. The summed E-state index contributed by atoms with van der Waals surface area (Å²) in [4.78, 5) is 0. The second-order valence-corrected chi connectivity index (χ2v) is 6.14. The Morgan fingerprint density at radius 1 is 1.00 bits per heavy atom. The average molecular weight is 251 g/mol. The minimum Gasteiger partial charge on any atom is -0.330 e. The molecular formula is C10H25N3O2S. The maximum atomic E-state index is 11.9. The van der Waals surface area contributed by atoms with E-state index < -0.39 is 10.2 Å². The predicted octanol–water partition coefficient (Wildman–Crippen LogP) is 0.634. The van der Waals surface area contributed by atoms with Gasteiger partial charge in [-0.15, -0.1) is 0 Å². The van der Waals surface area contributed by atoms with E-state index in [1.54, 1.807) is 14.1 Å². The molecule has 0 aliphatic heterocycles. The summed E-state index contributed by atoms with van der Waals surface area (Å²) < 4.78 is 26.7. The van der Waals surface area contributed by atoms with Crippen molar-refractivity contribution in [2.45, 2.75) is 32.6 Å². The van der Waals surface area contributed by atoms with E-state index in [1.165, 1.54) is 8.61 Å². The van der Waals surface area contributed by atoms with E-state index in [0.29, 0.717) is 26.1 Å². The van der Waals surface area contributed by atoms with Crippen LogP contribution in [0.4, 0.5) is 0 Å². The molecule has 0 aliphatic carbocycles. The number of nitrogens with zero attached hydrogens (tertiary/aromatic N) is 2. The molecule has 0 saturated carbocycles. The van der Waals surface area contributed by atoms with Crippen LogP contribution in [0.3, 0.4) is 0 Å². The van der Waals surface area contributed by atoms with Crippen molar-refractivity contribution < 1.29 is 8.42 Å². The van der Waals surface area contributed by atoms with Crippen LogP contribution in [-0.4, -0.2) is 50.8 Å². The van der Waals surface area contributed by atoms with Gasteiger partial charge in [-0.05, 0) is 19.4 Å². The number of hydrogen-bond donors (Lipinski definition) is 1. The zero-order chi connectivity index (χ0) is 12.6. The van der Waals surface area contributed by atoms with Crippen LogP contribution in [0.5, 0.6) is 0 Å². The van der Waals surface area contributed by atoms with E-state index in [1.807, 2.05) is 0 Å². The molecule has 16 heavy (non-hydrogen) atoms. The second kappa shape index (κ2) is 8.00. The Kier molecular flexibility index (Phi) is 7.91. The summed E-state index contributed by atoms with van der Waals surface area (Å²) >= 11 is 0. The van der Waals surface area contributed by atoms with E-state index in [-0.39, 0.29) is 0 Å². The van der Waals surface area contributed by atoms with Gasteiger partial charge in [-0.25, -0.2) is 0 Å². The topological polar surface area (TPSA) is 66.6 Å². The predicted molar refractivity (Wildman–Crippen MR) is 67.4 cm³/mol. The summed E-state index contributed by atoms with van der Waals surface area (Å²) in [5, 5.41) is 0. The van der Waals surface area contributed by atoms with Crippen molar-refractivity contribution in [1.82, 2.24) is 8.61 Å². The molecule has 98 valence electrons. The molecule has 0 fully saturated rings. The van der Waals surface area contributed by atoms with Crippen molar-refractivity contribution in [3.8, 4) is 0 Å². The molecule has 0 saturated heterocycles. The first kappa shape index (κ1) is 15.8. The van der Waals surface area contributed by atoms with E-state index >= 15 is 0 Å². The van der Waals surface area contributed by atoms with E-state index in [2.05, 4.69) is 6.92 Å². The highest BCUT2D eigenvalue weighted by atomic mass is 32.2. The number of nitrogens with two attached hydrogens (primary N) is 1. The van der Waals surface area contributed by atoms with Gasteiger partial charge in [0.1, 0.15) is 0 Å². The molecule has 0 aromatic carbocycles. The summed E-state index contributed by atoms with van der Waals surface area (Å²) in [6.07, 6.45) is 3.76. The second-order valence-electron chi connectivity index (χ2n) is 4.00. The Bertz CT molecular complexity index is 267. The van der Waals surface area contributed by atoms with Gasteiger partial charge in [0.05, 0.1) is 0 Å². The van der Waals surface area contributed by atoms with Crippen molar-refractivity contribution in [3.05, 3.63) is 0 Å². The molecule has 0 aromatic heterocycles. The molecule has 5 nitrogen and oxygen atoms in total. The van der Waals surface area contributed by atoms with Crippen molar-refractivity contribution >= 4 is 10.2 Å². The van der Waals surface area contributed by atoms with Crippen LogP contribution >= 0.6 is 0 Å². The third kappa shape index (κ3) is 5.25. The van der Waals surface area contributed by atoms with Gasteiger partial charge in [-0.2, -0.15) is 17.0 Å². The zero-order valence-electron chi connectivity index (χ0n) is 10.6. The molecule has 0 aliphatic rings. The molecule has 0 unspecified atom stereocenters. The smallest absolute Gasteiger partial charge is 0.281 e. The molecule has 0 radical (unpaired) electrons. The lowest BCUT2D eigenvalue weighted by molar-refractivity contribution is 0.384. The Balaban J connectivity index is 4.18. The van der Waals surface area contributed by atoms with Crippen molar-refractivity contribution in [2.75, 3.05) is 33.7 Å². The van der Waals surface area contributed by atoms with Crippen LogP contribution in [0.2, 0.25) is 0 Å². The molecule has 0 heterocycles. The fraction of sp³-hybridized carbons (Fsp3) is 1.00. The number of unbranched alkanes of at least 4 members (excludes halogenated alkanes) is 2. The quantitative estimate of drug-likeness (QED) is 0.611. The molecule has 2 N–H and O–H groups in total. The molecule has 0 spiro atoms. The molecule has 0 amide bonds. The molecule has 0 rings (SSSR count). The maximum Gasteiger partial charge on any atom is 0.281 e. The van der Waals surface area contributed by atoms with Gasteiger partial charge in [0, 0.05) is 27.2 Å². The third-order valence-corrected chi connectivity index (χ3v) is 4.48. The van der Waals surface area contributed by atoms with Gasteiger partial charge in [0.15, 0.2) is 0 Å². The van der Waals surface area contributed by atoms with Gasteiger partial charge in [-0.1, -0.05) is 19.8 Å². The molecule has 0 atom stereocenters. The van der Waals surface area contributed by atoms with Crippen LogP contribution in [-0.2, 0) is 10.2 Å². The van der Waals surface area contributed by atoms with Crippen LogP contribution < -0.4 is 5.73 Å². The molecule has 6 heteroatoms. The monoisotopic (exact) mass is 251 g/mol. The highest BCUT2D eigenvalue weighted by molar-refractivity contribution is 7.86. The van der Waals surface area contributed by atoms with E-state index in [9.17, 15) is 8.42 Å². The Labute approximate surface area is 99.8 Å². The zero-order valence-corrected chi connectivity index (χ0v) is 11.5. The van der Waals surface area contributed by atoms with Crippen LogP contribution in [0, 0.1) is 0 Å². The van der Waals surface area contributed by atoms with Crippen LogP contribution in [0.25, 0.3) is 0 Å². The number of hydrogen-bond acceptors (Lipinski definition) is 3. The van der Waals surface area contributed by atoms with E-state index in [4.69, 9.17) is 5.73 Å². The summed E-state index contributed by atoms with van der Waals surface area (Å²) in [5.74, 6) is 0. The molecule has 0 bridgehead atoms. The fourth-order valence-electron chi connectivity index (χ4n) is 1.37. The first-order valence-electron chi connectivity index (χ1n) is 5.84. The lowest BCUT2D eigenvalue weighted by Crippen LogP contribution is -2.40. The van der Waals surface area contributed by atoms with Crippen molar-refractivity contribution in [3.63, 3.8) is 0 Å². The lowest BCUT2D eigenvalue weighted by Gasteiger charge is -2.24. The van der Waals surface area contributed by atoms with Gasteiger partial charge in [0.2, 0.25) is 0 Å². The minimum atomic E-state index is -3.28. The van der Waals surface area contributed by atoms with Gasteiger partial charge in [-0.3, -0.25) is 0 Å². The minimum absolute atomic E-state index is 0.483. The largest absolute Gasteiger partial charge is 0.330 e. The lowest BCUT2D eigenvalue weighted by atomic mass is 10.2. The molecule has 0 aromatic rings. The Morgan fingerprint density at radius 2 is 1.50 bits per heavy atom. The van der Waals surface area contributed by atoms with Gasteiger partial charge in [0.25, 0.3) is 10.2 Å². The van der Waals surface area contributed by atoms with Crippen molar-refractivity contribution in [2.24, 2.45) is 5.73 Å². The van der Waals surface area contributed by atoms with Crippen LogP contribution in [0.15, 0.2) is 0 Å². The van der Waals surface area contributed by atoms with Gasteiger partial charge >= 0.3 is 0 Å². The van der Waals surface area contributed by atoms with Crippen LogP contribution in [0.1, 0.15) is 32.6 Å². The summed E-state index contributed by atoms with van der Waals surface area (Å²) in [6.45, 7) is 3.68. The molecular weight excluding hydrogens is 226 g/mol. The SMILES string of the molecule is CCCCCN(C)S(=O)(=O)N(C)CCCN. The highest BCUT2D eigenvalue weighted by Crippen LogP contribution is 2.06. The van der Waals surface area contributed by atoms with Crippen molar-refractivity contribution in [1.29, 1.82) is 0 Å². The summed E-state index contributed by atoms with van der Waals surface area (Å²) in [6, 6.07) is 0. The Morgan fingerprint density at radius 3 is 1.94 bits per heavy atom. The maximum absolute atomic E-state index is 11.9. The standard InChI is InChI=1S/C10H25N3O2S/c1-4-5-6-9-12(2)16(14,15)13(3)10-7-8-11/h4-11H2,1-3H3. The average Bonchev–Trinajstić information content (AvgIpc) is 2.25. The van der Waals surface area contributed by atoms with Gasteiger partial charge < -0.3 is 5.73 Å². The summed E-state index contributed by atoms with van der Waals surface area (Å²) in [5.41, 5.74) is 5.36. The third-order valence-electron chi connectivity index (χ3n) is 2.54. The fourth-order valence-corrected chi connectivity index (χ4v) is 2.56. The Hall–Kier alpha value is -0.170. The first-order chi connectivity index (χ1) is 7.46. The first-order valence-corrected chi connectivity index (χ1v) is 7.24. The summed E-state index contributed by atoms with van der Waals surface area (Å²) in [7, 11) is -0.0531. The van der Waals surface area contributed by atoms with E-state index in [0.717, 1.165) is 19.3 Å².